The van der Waals surface area contributed by atoms with Crippen LogP contribution in [0, 0.1) is 0 Å². The molecule has 0 aromatic carbocycles. The number of ether oxygens (including phenoxy) is 1. The molecule has 1 aliphatic heterocycles. The molecule has 0 radical (unpaired) electrons. The zero-order valence-electron chi connectivity index (χ0n) is 13.0. The molecule has 20 heavy (non-hydrogen) atoms. The molecule has 2 N–H and O–H groups in total. The number of piperidine rings is 1. The Kier molecular flexibility index (Phi) is 5.57. The quantitative estimate of drug-likeness (QED) is 0.865. The summed E-state index contributed by atoms with van der Waals surface area (Å²) in [5.41, 5.74) is 7.24. The Morgan fingerprint density at radius 1 is 1.40 bits per heavy atom. The summed E-state index contributed by atoms with van der Waals surface area (Å²) in [5.74, 6) is 0. The fourth-order valence-electron chi connectivity index (χ4n) is 2.89. The molecule has 1 saturated heterocycles. The van der Waals surface area contributed by atoms with Crippen molar-refractivity contribution in [2.75, 3.05) is 26.2 Å². The molecule has 0 bridgehead atoms. The Hall–Kier alpha value is -0.910. The monoisotopic (exact) mass is 280 g/mol. The molecule has 0 saturated carbocycles. The van der Waals surface area contributed by atoms with Crippen LogP contribution in [0.1, 0.15) is 51.3 Å². The molecule has 1 aromatic heterocycles. The fraction of sp³-hybridized carbons (Fsp3) is 0.800. The zero-order valence-corrected chi connectivity index (χ0v) is 13.0. The number of nitrogens with zero attached hydrogens (tertiary/aromatic N) is 3. The Labute approximate surface area is 122 Å². The number of hydrogen-bond acceptors (Lipinski definition) is 4. The van der Waals surface area contributed by atoms with Crippen LogP contribution in [0.4, 0.5) is 0 Å². The number of hydrogen-bond donors (Lipinski definition) is 1. The zero-order chi connectivity index (χ0) is 14.5. The van der Waals surface area contributed by atoms with E-state index >= 15 is 0 Å². The third-order valence-corrected chi connectivity index (χ3v) is 4.08. The standard InChI is InChI=1S/C15H28N4O/c1-4-20-14-5-7-18(8-6-14)15(9-16)13-10-17-19(11-13)12(2)3/h10-12,14-15H,4-9,16H2,1-3H3. The number of aromatic nitrogens is 2. The van der Waals surface area contributed by atoms with E-state index in [0.717, 1.165) is 32.5 Å². The maximum absolute atomic E-state index is 6.00. The first-order valence-corrected chi connectivity index (χ1v) is 7.75. The summed E-state index contributed by atoms with van der Waals surface area (Å²) < 4.78 is 7.72. The van der Waals surface area contributed by atoms with Gasteiger partial charge in [0.25, 0.3) is 0 Å². The van der Waals surface area contributed by atoms with Gasteiger partial charge in [0.1, 0.15) is 0 Å². The topological polar surface area (TPSA) is 56.3 Å². The van der Waals surface area contributed by atoms with Crippen LogP contribution in [-0.4, -0.2) is 47.0 Å². The fourth-order valence-corrected chi connectivity index (χ4v) is 2.89. The van der Waals surface area contributed by atoms with Crippen LogP contribution in [0.15, 0.2) is 12.4 Å². The average molecular weight is 280 g/mol. The van der Waals surface area contributed by atoms with E-state index in [0.29, 0.717) is 18.7 Å². The van der Waals surface area contributed by atoms with Crippen molar-refractivity contribution < 1.29 is 4.74 Å². The second-order valence-electron chi connectivity index (χ2n) is 5.79. The predicted molar refractivity (Wildman–Crippen MR) is 80.6 cm³/mol. The van der Waals surface area contributed by atoms with Gasteiger partial charge in [-0.15, -0.1) is 0 Å². The molecule has 1 fully saturated rings. The maximum atomic E-state index is 6.00. The second-order valence-corrected chi connectivity index (χ2v) is 5.79. The number of nitrogens with two attached hydrogens (primary N) is 1. The van der Waals surface area contributed by atoms with Crippen molar-refractivity contribution in [2.45, 2.75) is 51.8 Å². The third-order valence-electron chi connectivity index (χ3n) is 4.08. The van der Waals surface area contributed by atoms with E-state index < -0.39 is 0 Å². The van der Waals surface area contributed by atoms with Crippen molar-refractivity contribution in [1.29, 1.82) is 0 Å². The lowest BCUT2D eigenvalue weighted by Crippen LogP contribution is -2.41. The highest BCUT2D eigenvalue weighted by Gasteiger charge is 2.26. The van der Waals surface area contributed by atoms with Crippen molar-refractivity contribution in [2.24, 2.45) is 5.73 Å². The normalized spacial score (nSPS) is 19.6. The van der Waals surface area contributed by atoms with Gasteiger partial charge in [0, 0.05) is 44.0 Å². The third kappa shape index (κ3) is 3.59. The first kappa shape index (κ1) is 15.5. The second kappa shape index (κ2) is 7.20. The Morgan fingerprint density at radius 2 is 2.10 bits per heavy atom. The van der Waals surface area contributed by atoms with Crippen LogP contribution < -0.4 is 5.73 Å². The lowest BCUT2D eigenvalue weighted by molar-refractivity contribution is 0.00451. The van der Waals surface area contributed by atoms with Crippen LogP contribution in [0.5, 0.6) is 0 Å². The van der Waals surface area contributed by atoms with Gasteiger partial charge in [-0.05, 0) is 33.6 Å². The smallest absolute Gasteiger partial charge is 0.0599 e. The summed E-state index contributed by atoms with van der Waals surface area (Å²) in [6.07, 6.45) is 6.72. The van der Waals surface area contributed by atoms with Gasteiger partial charge in [-0.25, -0.2) is 0 Å². The summed E-state index contributed by atoms with van der Waals surface area (Å²) in [7, 11) is 0. The predicted octanol–water partition coefficient (Wildman–Crippen LogP) is 1.96. The van der Waals surface area contributed by atoms with E-state index in [4.69, 9.17) is 10.5 Å². The van der Waals surface area contributed by atoms with Gasteiger partial charge < -0.3 is 10.5 Å². The maximum Gasteiger partial charge on any atom is 0.0599 e. The Bertz CT molecular complexity index is 396. The molecule has 1 aliphatic rings. The Morgan fingerprint density at radius 3 is 2.60 bits per heavy atom. The first-order valence-electron chi connectivity index (χ1n) is 7.75. The molecule has 1 atom stereocenters. The minimum absolute atomic E-state index is 0.282. The summed E-state index contributed by atoms with van der Waals surface area (Å²) in [4.78, 5) is 2.47. The average Bonchev–Trinajstić information content (AvgIpc) is 2.92. The minimum Gasteiger partial charge on any atom is -0.378 e. The van der Waals surface area contributed by atoms with Gasteiger partial charge in [-0.1, -0.05) is 0 Å². The molecule has 5 heteroatoms. The minimum atomic E-state index is 0.282. The lowest BCUT2D eigenvalue weighted by atomic mass is 10.0. The van der Waals surface area contributed by atoms with Gasteiger partial charge in [0.2, 0.25) is 0 Å². The summed E-state index contributed by atoms with van der Waals surface area (Å²) in [5, 5.41) is 4.43. The summed E-state index contributed by atoms with van der Waals surface area (Å²) >= 11 is 0. The van der Waals surface area contributed by atoms with E-state index in [1.54, 1.807) is 0 Å². The van der Waals surface area contributed by atoms with Gasteiger partial charge >= 0.3 is 0 Å². The van der Waals surface area contributed by atoms with Crippen molar-refractivity contribution in [3.63, 3.8) is 0 Å². The van der Waals surface area contributed by atoms with Crippen molar-refractivity contribution in [1.82, 2.24) is 14.7 Å². The summed E-state index contributed by atoms with van der Waals surface area (Å²) in [6, 6.07) is 0.677. The van der Waals surface area contributed by atoms with Gasteiger partial charge in [-0.3, -0.25) is 9.58 Å². The van der Waals surface area contributed by atoms with Crippen molar-refractivity contribution in [3.8, 4) is 0 Å². The molecule has 1 unspecified atom stereocenters. The van der Waals surface area contributed by atoms with Crippen molar-refractivity contribution >= 4 is 0 Å². The van der Waals surface area contributed by atoms with E-state index in [2.05, 4.69) is 37.0 Å². The SMILES string of the molecule is CCOC1CCN(C(CN)c2cnn(C(C)C)c2)CC1. The van der Waals surface area contributed by atoms with Crippen molar-refractivity contribution in [3.05, 3.63) is 18.0 Å². The number of rotatable bonds is 6. The van der Waals surface area contributed by atoms with Crippen LogP contribution in [0.3, 0.4) is 0 Å². The van der Waals surface area contributed by atoms with Gasteiger partial charge in [0.05, 0.1) is 18.3 Å². The van der Waals surface area contributed by atoms with Crippen LogP contribution >= 0.6 is 0 Å². The highest BCUT2D eigenvalue weighted by atomic mass is 16.5. The first-order chi connectivity index (χ1) is 9.65. The highest BCUT2D eigenvalue weighted by molar-refractivity contribution is 5.12. The molecular formula is C15H28N4O. The Balaban J connectivity index is 1.98. The molecule has 1 aromatic rings. The van der Waals surface area contributed by atoms with Gasteiger partial charge in [0.15, 0.2) is 0 Å². The van der Waals surface area contributed by atoms with E-state index in [9.17, 15) is 0 Å². The molecule has 0 amide bonds. The lowest BCUT2D eigenvalue weighted by Gasteiger charge is -2.36. The molecule has 5 nitrogen and oxygen atoms in total. The number of likely N-dealkylation sites (tertiary alicyclic amines) is 1. The molecule has 0 spiro atoms. The molecule has 114 valence electrons. The van der Waals surface area contributed by atoms with Crippen LogP contribution in [-0.2, 0) is 4.74 Å². The van der Waals surface area contributed by atoms with Crippen LogP contribution in [0.2, 0.25) is 0 Å². The van der Waals surface area contributed by atoms with Crippen LogP contribution in [0.25, 0.3) is 0 Å². The molecule has 2 heterocycles. The largest absolute Gasteiger partial charge is 0.378 e. The molecular weight excluding hydrogens is 252 g/mol. The van der Waals surface area contributed by atoms with E-state index in [1.807, 2.05) is 10.9 Å². The van der Waals surface area contributed by atoms with E-state index in [-0.39, 0.29) is 6.04 Å². The van der Waals surface area contributed by atoms with E-state index in [1.165, 1.54) is 5.56 Å². The van der Waals surface area contributed by atoms with Gasteiger partial charge in [-0.2, -0.15) is 5.10 Å². The summed E-state index contributed by atoms with van der Waals surface area (Å²) in [6.45, 7) is 9.91. The highest BCUT2D eigenvalue weighted by Crippen LogP contribution is 2.25. The molecule has 0 aliphatic carbocycles. The molecule has 2 rings (SSSR count).